The Labute approximate surface area is 125 Å². The van der Waals surface area contributed by atoms with E-state index in [0.29, 0.717) is 13.0 Å². The number of aryl methyl sites for hydroxylation is 2. The van der Waals surface area contributed by atoms with Crippen molar-refractivity contribution in [3.8, 4) is 0 Å². The van der Waals surface area contributed by atoms with Crippen molar-refractivity contribution in [3.63, 3.8) is 0 Å². The van der Waals surface area contributed by atoms with E-state index in [1.54, 1.807) is 4.90 Å². The van der Waals surface area contributed by atoms with Gasteiger partial charge < -0.3 is 15.3 Å². The predicted octanol–water partition coefficient (Wildman–Crippen LogP) is 2.75. The number of amides is 2. The molecule has 5 heteroatoms. The van der Waals surface area contributed by atoms with Crippen LogP contribution in [-0.4, -0.2) is 35.1 Å². The number of nitrogens with zero attached hydrogens (tertiary/aromatic N) is 1. The zero-order valence-corrected chi connectivity index (χ0v) is 12.6. The van der Waals surface area contributed by atoms with Crippen molar-refractivity contribution in [3.05, 3.63) is 29.3 Å². The number of nitrogens with one attached hydrogen (secondary N) is 1. The van der Waals surface area contributed by atoms with Gasteiger partial charge in [0, 0.05) is 18.8 Å². The minimum Gasteiger partial charge on any atom is -0.481 e. The van der Waals surface area contributed by atoms with Crippen LogP contribution >= 0.6 is 0 Å². The van der Waals surface area contributed by atoms with E-state index < -0.39 is 11.9 Å². The number of hydrogen-bond acceptors (Lipinski definition) is 2. The molecule has 1 fully saturated rings. The number of hydrogen-bond donors (Lipinski definition) is 2. The molecule has 2 amide bonds. The van der Waals surface area contributed by atoms with Crippen molar-refractivity contribution in [2.75, 3.05) is 18.4 Å². The highest BCUT2D eigenvalue weighted by atomic mass is 16.4. The molecule has 1 aromatic rings. The zero-order valence-electron chi connectivity index (χ0n) is 12.6. The Morgan fingerprint density at radius 2 is 1.90 bits per heavy atom. The Balaban J connectivity index is 2.12. The molecule has 5 nitrogen and oxygen atoms in total. The van der Waals surface area contributed by atoms with Crippen LogP contribution in [0.1, 0.15) is 31.4 Å². The normalized spacial score (nSPS) is 17.8. The average Bonchev–Trinajstić information content (AvgIpc) is 2.97. The van der Waals surface area contributed by atoms with Crippen molar-refractivity contribution in [1.82, 2.24) is 4.90 Å². The molecular weight excluding hydrogens is 268 g/mol. The number of likely N-dealkylation sites (tertiary alicyclic amines) is 1. The summed E-state index contributed by atoms with van der Waals surface area (Å²) in [5, 5.41) is 12.0. The number of carboxylic acids is 1. The Hall–Kier alpha value is -2.04. The minimum atomic E-state index is -0.825. The standard InChI is InChI=1S/C16H22N2O3/c1-3-11-6-5-7-12(4-2)14(11)17-16(21)18-9-8-13(10-18)15(19)20/h5-7,13H,3-4,8-10H2,1-2H3,(H,17,21)(H,19,20). The van der Waals surface area contributed by atoms with Crippen LogP contribution < -0.4 is 5.32 Å². The molecule has 0 spiro atoms. The summed E-state index contributed by atoms with van der Waals surface area (Å²) in [7, 11) is 0. The zero-order chi connectivity index (χ0) is 15.4. The van der Waals surface area contributed by atoms with Gasteiger partial charge in [-0.1, -0.05) is 32.0 Å². The molecule has 1 atom stereocenters. The molecule has 0 radical (unpaired) electrons. The second kappa shape index (κ2) is 6.61. The monoisotopic (exact) mass is 290 g/mol. The molecule has 1 aliphatic heterocycles. The first kappa shape index (κ1) is 15.4. The fourth-order valence-electron chi connectivity index (χ4n) is 2.74. The smallest absolute Gasteiger partial charge is 0.321 e. The van der Waals surface area contributed by atoms with E-state index in [1.807, 2.05) is 18.2 Å². The maximum absolute atomic E-state index is 12.3. The molecule has 0 aromatic heterocycles. The van der Waals surface area contributed by atoms with E-state index in [1.165, 1.54) is 0 Å². The fourth-order valence-corrected chi connectivity index (χ4v) is 2.74. The van der Waals surface area contributed by atoms with Crippen molar-refractivity contribution in [2.45, 2.75) is 33.1 Å². The van der Waals surface area contributed by atoms with Crippen LogP contribution in [0, 0.1) is 5.92 Å². The number of rotatable bonds is 4. The summed E-state index contributed by atoms with van der Waals surface area (Å²) in [6.45, 7) is 4.90. The molecule has 0 aliphatic carbocycles. The first-order valence-corrected chi connectivity index (χ1v) is 7.46. The Morgan fingerprint density at radius 3 is 2.38 bits per heavy atom. The van der Waals surface area contributed by atoms with E-state index in [0.717, 1.165) is 29.7 Å². The van der Waals surface area contributed by atoms with Crippen LogP contribution in [-0.2, 0) is 17.6 Å². The molecule has 114 valence electrons. The van der Waals surface area contributed by atoms with Gasteiger partial charge >= 0.3 is 12.0 Å². The van der Waals surface area contributed by atoms with E-state index in [9.17, 15) is 9.59 Å². The number of urea groups is 1. The van der Waals surface area contributed by atoms with Gasteiger partial charge in [0.25, 0.3) is 0 Å². The summed E-state index contributed by atoms with van der Waals surface area (Å²) in [4.78, 5) is 24.9. The van der Waals surface area contributed by atoms with Gasteiger partial charge in [-0.25, -0.2) is 4.79 Å². The SMILES string of the molecule is CCc1cccc(CC)c1NC(=O)N1CCC(C(=O)O)C1. The van der Waals surface area contributed by atoms with Gasteiger partial charge in [-0.2, -0.15) is 0 Å². The van der Waals surface area contributed by atoms with Crippen molar-refractivity contribution in [2.24, 2.45) is 5.92 Å². The molecule has 1 heterocycles. The summed E-state index contributed by atoms with van der Waals surface area (Å²) < 4.78 is 0. The Morgan fingerprint density at radius 1 is 1.29 bits per heavy atom. The summed E-state index contributed by atoms with van der Waals surface area (Å²) >= 11 is 0. The second-order valence-electron chi connectivity index (χ2n) is 5.36. The van der Waals surface area contributed by atoms with Crippen LogP contribution in [0.3, 0.4) is 0 Å². The summed E-state index contributed by atoms with van der Waals surface area (Å²) in [6.07, 6.45) is 2.22. The summed E-state index contributed by atoms with van der Waals surface area (Å²) in [5.41, 5.74) is 3.10. The van der Waals surface area contributed by atoms with Gasteiger partial charge in [0.15, 0.2) is 0 Å². The van der Waals surface area contributed by atoms with E-state index in [4.69, 9.17) is 5.11 Å². The molecule has 0 bridgehead atoms. The number of aliphatic carboxylic acids is 1. The lowest BCUT2D eigenvalue weighted by atomic mass is 10.0. The van der Waals surface area contributed by atoms with E-state index in [-0.39, 0.29) is 12.6 Å². The first-order chi connectivity index (χ1) is 10.1. The minimum absolute atomic E-state index is 0.200. The Bertz CT molecular complexity index is 520. The molecule has 0 saturated carbocycles. The average molecular weight is 290 g/mol. The molecule has 1 aliphatic rings. The van der Waals surface area contributed by atoms with Gasteiger partial charge in [0.2, 0.25) is 0 Å². The first-order valence-electron chi connectivity index (χ1n) is 7.46. The lowest BCUT2D eigenvalue weighted by Gasteiger charge is -2.20. The molecular formula is C16H22N2O3. The topological polar surface area (TPSA) is 69.6 Å². The maximum atomic E-state index is 12.3. The highest BCUT2D eigenvalue weighted by molar-refractivity contribution is 5.91. The van der Waals surface area contributed by atoms with E-state index in [2.05, 4.69) is 19.2 Å². The van der Waals surface area contributed by atoms with Gasteiger partial charge in [-0.05, 0) is 30.4 Å². The summed E-state index contributed by atoms with van der Waals surface area (Å²) in [5.74, 6) is -1.27. The quantitative estimate of drug-likeness (QED) is 0.895. The van der Waals surface area contributed by atoms with Crippen LogP contribution in [0.15, 0.2) is 18.2 Å². The van der Waals surface area contributed by atoms with Crippen LogP contribution in [0.5, 0.6) is 0 Å². The molecule has 21 heavy (non-hydrogen) atoms. The van der Waals surface area contributed by atoms with Gasteiger partial charge in [0.1, 0.15) is 0 Å². The third kappa shape index (κ3) is 3.35. The number of carbonyl (C=O) groups is 2. The van der Waals surface area contributed by atoms with Gasteiger partial charge in [0.05, 0.1) is 5.92 Å². The van der Waals surface area contributed by atoms with Crippen molar-refractivity contribution < 1.29 is 14.7 Å². The van der Waals surface area contributed by atoms with Crippen LogP contribution in [0.25, 0.3) is 0 Å². The number of carboxylic acid groups (broad SMARTS) is 1. The van der Waals surface area contributed by atoms with Gasteiger partial charge in [-0.15, -0.1) is 0 Å². The van der Waals surface area contributed by atoms with Gasteiger partial charge in [-0.3, -0.25) is 4.79 Å². The molecule has 2 rings (SSSR count). The molecule has 1 saturated heterocycles. The van der Waals surface area contributed by atoms with E-state index >= 15 is 0 Å². The second-order valence-corrected chi connectivity index (χ2v) is 5.36. The predicted molar refractivity (Wildman–Crippen MR) is 81.5 cm³/mol. The lowest BCUT2D eigenvalue weighted by molar-refractivity contribution is -0.141. The highest BCUT2D eigenvalue weighted by Gasteiger charge is 2.31. The Kier molecular flexibility index (Phi) is 4.83. The third-order valence-corrected chi connectivity index (χ3v) is 4.06. The molecule has 1 aromatic carbocycles. The fraction of sp³-hybridized carbons (Fsp3) is 0.500. The molecule has 2 N–H and O–H groups in total. The van der Waals surface area contributed by atoms with Crippen molar-refractivity contribution in [1.29, 1.82) is 0 Å². The van der Waals surface area contributed by atoms with Crippen molar-refractivity contribution >= 4 is 17.7 Å². The molecule has 1 unspecified atom stereocenters. The summed E-state index contributed by atoms with van der Waals surface area (Å²) in [6, 6.07) is 5.83. The number of anilines is 1. The number of carbonyl (C=O) groups excluding carboxylic acids is 1. The van der Waals surface area contributed by atoms with Crippen LogP contribution in [0.4, 0.5) is 10.5 Å². The number of benzene rings is 1. The van der Waals surface area contributed by atoms with Crippen LogP contribution in [0.2, 0.25) is 0 Å². The lowest BCUT2D eigenvalue weighted by Crippen LogP contribution is -2.34. The third-order valence-electron chi connectivity index (χ3n) is 4.06. The largest absolute Gasteiger partial charge is 0.481 e. The number of para-hydroxylation sites is 1. The maximum Gasteiger partial charge on any atom is 0.321 e. The highest BCUT2D eigenvalue weighted by Crippen LogP contribution is 2.24.